The first-order valence-electron chi connectivity index (χ1n) is 19.8. The Morgan fingerprint density at radius 2 is 1.87 bits per heavy atom. The van der Waals surface area contributed by atoms with Gasteiger partial charge in [0.25, 0.3) is 0 Å². The van der Waals surface area contributed by atoms with Crippen LogP contribution in [0.25, 0.3) is 10.9 Å². The van der Waals surface area contributed by atoms with E-state index in [1.165, 1.54) is 0 Å². The number of allylic oxidation sites excluding steroid dienone is 2. The summed E-state index contributed by atoms with van der Waals surface area (Å²) < 4.78 is 40.4. The molecular formula is C41H50ClN3O8S. The minimum absolute atomic E-state index is 0.0653. The lowest BCUT2D eigenvalue weighted by atomic mass is 9.85. The molecule has 3 saturated carbocycles. The van der Waals surface area contributed by atoms with E-state index in [1.54, 1.807) is 17.9 Å². The Labute approximate surface area is 322 Å². The Hall–Kier alpha value is -3.51. The maximum Gasteiger partial charge on any atom is 0.306 e. The molecule has 1 aromatic heterocycles. The summed E-state index contributed by atoms with van der Waals surface area (Å²) in [6.07, 6.45) is 12.6. The highest BCUT2D eigenvalue weighted by Gasteiger charge is 2.63. The lowest BCUT2D eigenvalue weighted by Crippen LogP contribution is -2.48. The molecule has 1 aromatic carbocycles. The summed E-state index contributed by atoms with van der Waals surface area (Å²) in [6.45, 7) is 3.65. The molecule has 8 rings (SSSR count). The van der Waals surface area contributed by atoms with Crippen molar-refractivity contribution in [2.75, 3.05) is 6.54 Å². The van der Waals surface area contributed by atoms with Gasteiger partial charge in [-0.2, -0.15) is 0 Å². The number of fused-ring (bicyclic) bond motifs is 5. The number of nitrogens with one attached hydrogen (secondary N) is 1. The number of hydrogen-bond acceptors (Lipinski definition) is 9. The molecule has 5 atom stereocenters. The molecule has 3 aliphatic carbocycles. The molecule has 2 amide bonds. The monoisotopic (exact) mass is 779 g/mol. The van der Waals surface area contributed by atoms with Gasteiger partial charge >= 0.3 is 5.97 Å². The predicted octanol–water partition coefficient (Wildman–Crippen LogP) is 6.45. The van der Waals surface area contributed by atoms with Crippen molar-refractivity contribution in [2.24, 2.45) is 17.3 Å². The van der Waals surface area contributed by atoms with Crippen LogP contribution in [-0.4, -0.2) is 70.9 Å². The average molecular weight is 780 g/mol. The number of ether oxygens (including phenoxy) is 2. The molecular weight excluding hydrogens is 730 g/mol. The van der Waals surface area contributed by atoms with Crippen LogP contribution >= 0.6 is 11.6 Å². The molecule has 11 nitrogen and oxygen atoms in total. The molecule has 4 fully saturated rings. The van der Waals surface area contributed by atoms with E-state index in [-0.39, 0.29) is 49.5 Å². The van der Waals surface area contributed by atoms with Crippen LogP contribution in [0.5, 0.6) is 5.75 Å². The van der Waals surface area contributed by atoms with Gasteiger partial charge in [-0.15, -0.1) is 0 Å². The second-order valence-corrected chi connectivity index (χ2v) is 19.8. The maximum absolute atomic E-state index is 14.8. The van der Waals surface area contributed by atoms with Crippen molar-refractivity contribution in [2.45, 2.75) is 139 Å². The third kappa shape index (κ3) is 6.94. The number of aromatic nitrogens is 1. The highest BCUT2D eigenvalue weighted by atomic mass is 35.5. The molecule has 2 aromatic rings. The molecule has 0 radical (unpaired) electrons. The normalized spacial score (nSPS) is 31.5. The predicted molar refractivity (Wildman–Crippen MR) is 202 cm³/mol. The Balaban J connectivity index is 1.13. The number of esters is 1. The summed E-state index contributed by atoms with van der Waals surface area (Å²) >= 11 is 6.40. The molecule has 0 bridgehead atoms. The minimum Gasteiger partial charge on any atom is -0.483 e. The minimum atomic E-state index is -3.93. The van der Waals surface area contributed by atoms with Gasteiger partial charge in [-0.3, -0.25) is 23.9 Å². The van der Waals surface area contributed by atoms with Crippen molar-refractivity contribution in [3.05, 3.63) is 46.6 Å². The van der Waals surface area contributed by atoms with Crippen LogP contribution in [-0.2, 0) is 40.4 Å². The van der Waals surface area contributed by atoms with Gasteiger partial charge in [0.05, 0.1) is 40.4 Å². The van der Waals surface area contributed by atoms with E-state index in [1.807, 2.05) is 31.2 Å². The fourth-order valence-electron chi connectivity index (χ4n) is 9.06. The Bertz CT molecular complexity index is 2040. The number of pyridine rings is 1. The van der Waals surface area contributed by atoms with Crippen LogP contribution in [0.4, 0.5) is 0 Å². The summed E-state index contributed by atoms with van der Waals surface area (Å²) in [4.78, 5) is 63.1. The fourth-order valence-corrected chi connectivity index (χ4v) is 10.6. The number of hydrogen-bond donors (Lipinski definition) is 1. The first-order chi connectivity index (χ1) is 25.7. The SMILES string of the molecule is Cc1nc2ccc(Cl)cc2c2c1O[C@]1(CC2)C[C@H]2C(=O)C[C@]3(C(=O)NS(=O)(=O)C4(C)CC4)C[C@H]3/C=C\CCCCC[C@H](CC(=O)OC3CCC3)C(=O)N2C1. The number of nitrogens with zero attached hydrogens (tertiary/aromatic N) is 2. The van der Waals surface area contributed by atoms with E-state index in [0.717, 1.165) is 61.4 Å². The summed E-state index contributed by atoms with van der Waals surface area (Å²) in [5.74, 6) is -1.98. The van der Waals surface area contributed by atoms with E-state index >= 15 is 0 Å². The number of carbonyl (C=O) groups is 4. The van der Waals surface area contributed by atoms with E-state index in [4.69, 9.17) is 26.1 Å². The molecule has 0 unspecified atom stereocenters. The topological polar surface area (TPSA) is 149 Å². The van der Waals surface area contributed by atoms with Crippen LogP contribution in [0.3, 0.4) is 0 Å². The van der Waals surface area contributed by atoms with Crippen molar-refractivity contribution in [3.63, 3.8) is 0 Å². The van der Waals surface area contributed by atoms with Gasteiger partial charge in [0.15, 0.2) is 5.78 Å². The highest BCUT2D eigenvalue weighted by Crippen LogP contribution is 2.58. The zero-order valence-electron chi connectivity index (χ0n) is 31.2. The van der Waals surface area contributed by atoms with Crippen molar-refractivity contribution >= 4 is 56.1 Å². The Morgan fingerprint density at radius 3 is 2.61 bits per heavy atom. The van der Waals surface area contributed by atoms with Crippen LogP contribution in [0, 0.1) is 24.2 Å². The summed E-state index contributed by atoms with van der Waals surface area (Å²) in [5.41, 5.74) is 0.350. The number of Topliss-reactive ketones (excluding diaryl/α,β-unsaturated/α-hetero) is 1. The van der Waals surface area contributed by atoms with Crippen LogP contribution in [0.15, 0.2) is 30.4 Å². The number of carbonyl (C=O) groups excluding carboxylic acids is 4. The van der Waals surface area contributed by atoms with Crippen molar-refractivity contribution in [1.29, 1.82) is 0 Å². The number of ketones is 1. The Morgan fingerprint density at radius 1 is 1.07 bits per heavy atom. The quantitative estimate of drug-likeness (QED) is 0.258. The second kappa shape index (κ2) is 13.9. The number of amides is 2. The molecule has 290 valence electrons. The third-order valence-corrected chi connectivity index (χ3v) is 15.6. The number of benzene rings is 1. The molecule has 6 aliphatic rings. The summed E-state index contributed by atoms with van der Waals surface area (Å²) in [5, 5.41) is 1.49. The number of sulfonamides is 1. The van der Waals surface area contributed by atoms with Gasteiger partial charge in [0.1, 0.15) is 17.5 Å². The molecule has 3 aliphatic heterocycles. The van der Waals surface area contributed by atoms with Crippen LogP contribution < -0.4 is 9.46 Å². The van der Waals surface area contributed by atoms with Crippen molar-refractivity contribution in [3.8, 4) is 5.75 Å². The maximum atomic E-state index is 14.8. The first kappa shape index (κ1) is 37.4. The zero-order chi connectivity index (χ0) is 38.0. The molecule has 1 N–H and O–H groups in total. The molecule has 13 heteroatoms. The van der Waals surface area contributed by atoms with Crippen molar-refractivity contribution < 1.29 is 37.1 Å². The summed E-state index contributed by atoms with van der Waals surface area (Å²) in [6, 6.07) is 4.65. The lowest BCUT2D eigenvalue weighted by Gasteiger charge is -2.36. The van der Waals surface area contributed by atoms with Crippen LogP contribution in [0.1, 0.15) is 114 Å². The van der Waals surface area contributed by atoms with Gasteiger partial charge in [-0.1, -0.05) is 36.6 Å². The highest BCUT2D eigenvalue weighted by molar-refractivity contribution is 7.91. The van der Waals surface area contributed by atoms with Gasteiger partial charge in [-0.25, -0.2) is 13.4 Å². The standard InChI is InChI=1S/C41H50ClN3O8S/c1-25-36-30(31-20-28(42)13-14-32(31)43-25)15-16-40(53-36)22-33-34(46)23-41(38(49)44-54(50,51)39(2)17-18-39)21-27(41)10-7-5-3-4-6-9-26(37(48)45(33)24-40)19-35(47)52-29-11-8-12-29/h7,10,13-14,20,26-27,29,33H,3-6,8-9,11-12,15-19,21-24H2,1-2H3,(H,44,49)/b10-7-/t26-,27-,33+,40-,41-/m1/s1. The molecule has 1 spiro atoms. The lowest BCUT2D eigenvalue weighted by molar-refractivity contribution is -0.157. The van der Waals surface area contributed by atoms with Gasteiger partial charge in [0.2, 0.25) is 21.8 Å². The fraction of sp³-hybridized carbons (Fsp3) is 0.634. The summed E-state index contributed by atoms with van der Waals surface area (Å²) in [7, 11) is -3.93. The number of rotatable bonds is 6. The average Bonchev–Trinajstić information content (AvgIpc) is 4.00. The number of aryl methyl sites for hydroxylation is 2. The second-order valence-electron chi connectivity index (χ2n) is 17.1. The van der Waals surface area contributed by atoms with Gasteiger partial charge in [0, 0.05) is 34.7 Å². The smallest absolute Gasteiger partial charge is 0.306 e. The van der Waals surface area contributed by atoms with E-state index in [2.05, 4.69) is 4.72 Å². The largest absolute Gasteiger partial charge is 0.483 e. The molecule has 4 heterocycles. The van der Waals surface area contributed by atoms with Gasteiger partial charge < -0.3 is 14.4 Å². The third-order valence-electron chi connectivity index (χ3n) is 13.2. The van der Waals surface area contributed by atoms with Crippen LogP contribution in [0.2, 0.25) is 5.02 Å². The Kier molecular flexibility index (Phi) is 9.63. The van der Waals surface area contributed by atoms with E-state index in [0.29, 0.717) is 55.0 Å². The van der Waals surface area contributed by atoms with E-state index < -0.39 is 49.6 Å². The van der Waals surface area contributed by atoms with E-state index in [9.17, 15) is 27.6 Å². The number of halogens is 1. The zero-order valence-corrected chi connectivity index (χ0v) is 32.7. The molecule has 54 heavy (non-hydrogen) atoms. The van der Waals surface area contributed by atoms with Gasteiger partial charge in [-0.05, 0) is 109 Å². The van der Waals surface area contributed by atoms with Crippen molar-refractivity contribution in [1.82, 2.24) is 14.6 Å². The first-order valence-corrected chi connectivity index (χ1v) is 21.6. The molecule has 1 saturated heterocycles.